The molecule has 0 bridgehead atoms. The van der Waals surface area contributed by atoms with E-state index in [0.29, 0.717) is 10.2 Å². The third kappa shape index (κ3) is 3.01. The van der Waals surface area contributed by atoms with E-state index >= 15 is 0 Å². The summed E-state index contributed by atoms with van der Waals surface area (Å²) in [6, 6.07) is 4.66. The molecule has 1 heterocycles. The molecule has 0 saturated heterocycles. The molecule has 102 valence electrons. The summed E-state index contributed by atoms with van der Waals surface area (Å²) in [7, 11) is 0. The average Bonchev–Trinajstić information content (AvgIpc) is 2.77. The standard InChI is InChI=1S/C16H25BrS/c1-15(2,3)13-9-8-12(18-13)14(17)16(4)10-6-5-7-11-16/h8-9,14H,5-7,10-11H2,1-4H3. The molecule has 2 rings (SSSR count). The normalized spacial score (nSPS) is 21.8. The van der Waals surface area contributed by atoms with Crippen LogP contribution in [-0.2, 0) is 5.41 Å². The van der Waals surface area contributed by atoms with Crippen molar-refractivity contribution in [1.82, 2.24) is 0 Å². The highest BCUT2D eigenvalue weighted by Crippen LogP contribution is 2.52. The zero-order valence-electron chi connectivity index (χ0n) is 12.1. The average molecular weight is 329 g/mol. The van der Waals surface area contributed by atoms with Crippen LogP contribution in [0.2, 0.25) is 0 Å². The van der Waals surface area contributed by atoms with Gasteiger partial charge >= 0.3 is 0 Å². The summed E-state index contributed by atoms with van der Waals surface area (Å²) in [4.78, 5) is 3.55. The maximum atomic E-state index is 3.99. The maximum Gasteiger partial charge on any atom is 0.0542 e. The number of hydrogen-bond acceptors (Lipinski definition) is 1. The second-order valence-electron chi connectivity index (χ2n) is 7.03. The van der Waals surface area contributed by atoms with Gasteiger partial charge in [-0.05, 0) is 35.8 Å². The quantitative estimate of drug-likeness (QED) is 0.547. The minimum Gasteiger partial charge on any atom is -0.144 e. The van der Waals surface area contributed by atoms with E-state index in [2.05, 4.69) is 55.8 Å². The molecule has 1 aromatic heterocycles. The van der Waals surface area contributed by atoms with Crippen LogP contribution < -0.4 is 0 Å². The lowest BCUT2D eigenvalue weighted by Gasteiger charge is -2.37. The van der Waals surface area contributed by atoms with Crippen LogP contribution in [0, 0.1) is 5.41 Å². The van der Waals surface area contributed by atoms with Crippen molar-refractivity contribution in [2.24, 2.45) is 5.41 Å². The van der Waals surface area contributed by atoms with E-state index in [-0.39, 0.29) is 5.41 Å². The highest BCUT2D eigenvalue weighted by atomic mass is 79.9. The third-order valence-corrected chi connectivity index (χ3v) is 7.70. The summed E-state index contributed by atoms with van der Waals surface area (Å²) in [5.74, 6) is 0. The molecule has 1 aliphatic carbocycles. The monoisotopic (exact) mass is 328 g/mol. The number of rotatable bonds is 2. The van der Waals surface area contributed by atoms with Gasteiger partial charge in [-0.1, -0.05) is 62.9 Å². The Hall–Kier alpha value is 0.180. The summed E-state index contributed by atoms with van der Waals surface area (Å²) in [6.45, 7) is 9.36. The van der Waals surface area contributed by atoms with Crippen LogP contribution in [0.25, 0.3) is 0 Å². The summed E-state index contributed by atoms with van der Waals surface area (Å²) in [5.41, 5.74) is 0.737. The van der Waals surface area contributed by atoms with Gasteiger partial charge < -0.3 is 0 Å². The molecular weight excluding hydrogens is 304 g/mol. The fourth-order valence-electron chi connectivity index (χ4n) is 2.85. The smallest absolute Gasteiger partial charge is 0.0542 e. The van der Waals surface area contributed by atoms with Crippen molar-refractivity contribution in [2.75, 3.05) is 0 Å². The van der Waals surface area contributed by atoms with Crippen LogP contribution in [0.1, 0.15) is 74.4 Å². The first kappa shape index (κ1) is 14.6. The molecule has 0 radical (unpaired) electrons. The Kier molecular flexibility index (Phi) is 4.28. The van der Waals surface area contributed by atoms with E-state index < -0.39 is 0 Å². The first-order chi connectivity index (χ1) is 8.33. The van der Waals surface area contributed by atoms with Crippen LogP contribution in [0.15, 0.2) is 12.1 Å². The van der Waals surface area contributed by atoms with Gasteiger partial charge in [0.05, 0.1) is 4.83 Å². The summed E-state index contributed by atoms with van der Waals surface area (Å²) >= 11 is 5.99. The van der Waals surface area contributed by atoms with Crippen molar-refractivity contribution in [2.45, 2.75) is 70.0 Å². The van der Waals surface area contributed by atoms with Gasteiger partial charge in [0.1, 0.15) is 0 Å². The summed E-state index contributed by atoms with van der Waals surface area (Å²) in [6.07, 6.45) is 6.95. The number of thiophene rings is 1. The van der Waals surface area contributed by atoms with Crippen LogP contribution in [0.5, 0.6) is 0 Å². The molecule has 1 aliphatic rings. The molecule has 0 nitrogen and oxygen atoms in total. The van der Waals surface area contributed by atoms with E-state index in [9.17, 15) is 0 Å². The fourth-order valence-corrected chi connectivity index (χ4v) is 4.96. The Balaban J connectivity index is 2.18. The van der Waals surface area contributed by atoms with Crippen molar-refractivity contribution in [3.8, 4) is 0 Å². The second kappa shape index (κ2) is 5.28. The topological polar surface area (TPSA) is 0 Å². The van der Waals surface area contributed by atoms with Gasteiger partial charge in [-0.2, -0.15) is 0 Å². The Bertz CT molecular complexity index is 393. The van der Waals surface area contributed by atoms with Gasteiger partial charge in [-0.25, -0.2) is 0 Å². The number of alkyl halides is 1. The molecule has 18 heavy (non-hydrogen) atoms. The maximum absolute atomic E-state index is 3.99. The minimum absolute atomic E-state index is 0.281. The second-order valence-corrected chi connectivity index (χ2v) is 9.06. The Labute approximate surface area is 124 Å². The van der Waals surface area contributed by atoms with Crippen LogP contribution in [0.3, 0.4) is 0 Å². The van der Waals surface area contributed by atoms with E-state index in [1.807, 2.05) is 11.3 Å². The zero-order valence-corrected chi connectivity index (χ0v) is 14.5. The summed E-state index contributed by atoms with van der Waals surface area (Å²) < 4.78 is 0. The van der Waals surface area contributed by atoms with Gasteiger partial charge in [0.2, 0.25) is 0 Å². The van der Waals surface area contributed by atoms with Crippen LogP contribution in [0.4, 0.5) is 0 Å². The SMILES string of the molecule is CC(C)(C)c1ccc(C(Br)C2(C)CCCCC2)s1. The Morgan fingerprint density at radius 3 is 2.28 bits per heavy atom. The largest absolute Gasteiger partial charge is 0.144 e. The molecule has 1 aromatic rings. The predicted octanol–water partition coefficient (Wildman–Crippen LogP) is 6.45. The lowest BCUT2D eigenvalue weighted by atomic mass is 9.73. The highest BCUT2D eigenvalue weighted by molar-refractivity contribution is 9.09. The zero-order chi connectivity index (χ0) is 13.4. The van der Waals surface area contributed by atoms with Gasteiger partial charge in [0.25, 0.3) is 0 Å². The lowest BCUT2D eigenvalue weighted by molar-refractivity contribution is 0.214. The number of halogens is 1. The molecule has 0 spiro atoms. The molecular formula is C16H25BrS. The summed E-state index contributed by atoms with van der Waals surface area (Å²) in [5, 5.41) is 0. The van der Waals surface area contributed by atoms with Crippen molar-refractivity contribution in [3.63, 3.8) is 0 Å². The van der Waals surface area contributed by atoms with Crippen molar-refractivity contribution in [3.05, 3.63) is 21.9 Å². The lowest BCUT2D eigenvalue weighted by Crippen LogP contribution is -2.24. The molecule has 0 aliphatic heterocycles. The van der Waals surface area contributed by atoms with Gasteiger partial charge in [0.15, 0.2) is 0 Å². The molecule has 0 N–H and O–H groups in total. The first-order valence-corrected chi connectivity index (χ1v) is 8.80. The first-order valence-electron chi connectivity index (χ1n) is 7.07. The van der Waals surface area contributed by atoms with Crippen molar-refractivity contribution < 1.29 is 0 Å². The molecule has 1 atom stereocenters. The predicted molar refractivity (Wildman–Crippen MR) is 85.9 cm³/mol. The van der Waals surface area contributed by atoms with Crippen LogP contribution in [-0.4, -0.2) is 0 Å². The fraction of sp³-hybridized carbons (Fsp3) is 0.750. The van der Waals surface area contributed by atoms with Gasteiger partial charge in [-0.15, -0.1) is 11.3 Å². The third-order valence-electron chi connectivity index (χ3n) is 4.22. The minimum atomic E-state index is 0.281. The van der Waals surface area contributed by atoms with Crippen molar-refractivity contribution in [1.29, 1.82) is 0 Å². The molecule has 1 fully saturated rings. The highest BCUT2D eigenvalue weighted by Gasteiger charge is 2.35. The molecule has 0 amide bonds. The Morgan fingerprint density at radius 1 is 1.17 bits per heavy atom. The van der Waals surface area contributed by atoms with E-state index in [0.717, 1.165) is 0 Å². The van der Waals surface area contributed by atoms with E-state index in [1.54, 1.807) is 0 Å². The number of hydrogen-bond donors (Lipinski definition) is 0. The van der Waals surface area contributed by atoms with Crippen molar-refractivity contribution >= 4 is 27.3 Å². The van der Waals surface area contributed by atoms with Gasteiger partial charge in [0, 0.05) is 9.75 Å². The van der Waals surface area contributed by atoms with E-state index in [1.165, 1.54) is 41.9 Å². The molecule has 0 aromatic carbocycles. The van der Waals surface area contributed by atoms with Crippen LogP contribution >= 0.6 is 27.3 Å². The molecule has 1 saturated carbocycles. The van der Waals surface area contributed by atoms with Gasteiger partial charge in [-0.3, -0.25) is 0 Å². The van der Waals surface area contributed by atoms with E-state index in [4.69, 9.17) is 0 Å². The Morgan fingerprint density at radius 2 is 1.78 bits per heavy atom. The molecule has 1 unspecified atom stereocenters. The molecule has 2 heteroatoms.